The molecule has 0 rings (SSSR count). The summed E-state index contributed by atoms with van der Waals surface area (Å²) in [5, 5.41) is 0. The fourth-order valence-electron chi connectivity index (χ4n) is 3.24. The summed E-state index contributed by atoms with van der Waals surface area (Å²) in [6.45, 7) is 14.2. The molecule has 2 unspecified atom stereocenters. The zero-order valence-corrected chi connectivity index (χ0v) is 17.5. The first-order valence-corrected chi connectivity index (χ1v) is 14.9. The molecule has 0 aromatic heterocycles. The van der Waals surface area contributed by atoms with Gasteiger partial charge in [0.1, 0.15) is 0 Å². The molecule has 0 heterocycles. The van der Waals surface area contributed by atoms with Crippen LogP contribution in [0, 0.1) is 0 Å². The van der Waals surface area contributed by atoms with E-state index in [1.807, 2.05) is 0 Å². The number of hydrogen-bond donors (Lipinski definition) is 2. The van der Waals surface area contributed by atoms with Crippen LogP contribution in [0.4, 0.5) is 0 Å². The standard InChI is InChI=1S/C14H34OS2Si2/c1-7-13(9-11-16)18(3,4)15-19(5,6)14(8-2)10-12-17/h13-14,16-17H,7-12H2,1-6H3. The van der Waals surface area contributed by atoms with Crippen molar-refractivity contribution in [2.45, 2.75) is 76.8 Å². The van der Waals surface area contributed by atoms with Gasteiger partial charge < -0.3 is 4.12 Å². The molecule has 2 atom stereocenters. The minimum atomic E-state index is -1.61. The Hall–Kier alpha value is 1.09. The minimum absolute atomic E-state index is 0.741. The van der Waals surface area contributed by atoms with Crippen molar-refractivity contribution in [1.82, 2.24) is 0 Å². The van der Waals surface area contributed by atoms with E-state index in [1.165, 1.54) is 25.7 Å². The molecule has 0 aromatic carbocycles. The average molecular weight is 339 g/mol. The molecule has 0 aliphatic rings. The largest absolute Gasteiger partial charge is 0.455 e. The summed E-state index contributed by atoms with van der Waals surface area (Å²) in [5.41, 5.74) is 1.48. The van der Waals surface area contributed by atoms with Gasteiger partial charge in [-0.15, -0.1) is 0 Å². The van der Waals surface area contributed by atoms with Crippen molar-refractivity contribution < 1.29 is 4.12 Å². The third-order valence-corrected chi connectivity index (χ3v) is 14.5. The summed E-state index contributed by atoms with van der Waals surface area (Å²) in [6, 6.07) is 0. The molecular weight excluding hydrogens is 304 g/mol. The lowest BCUT2D eigenvalue weighted by Crippen LogP contribution is -2.50. The fraction of sp³-hybridized carbons (Fsp3) is 1.00. The second-order valence-corrected chi connectivity index (χ2v) is 16.3. The van der Waals surface area contributed by atoms with Gasteiger partial charge in [-0.3, -0.25) is 0 Å². The summed E-state index contributed by atoms with van der Waals surface area (Å²) in [7, 11) is -3.22. The number of hydrogen-bond acceptors (Lipinski definition) is 3. The van der Waals surface area contributed by atoms with E-state index in [2.05, 4.69) is 65.3 Å². The normalized spacial score (nSPS) is 16.4. The van der Waals surface area contributed by atoms with E-state index in [4.69, 9.17) is 4.12 Å². The van der Waals surface area contributed by atoms with Gasteiger partial charge in [0.15, 0.2) is 16.6 Å². The van der Waals surface area contributed by atoms with Crippen LogP contribution in [0.3, 0.4) is 0 Å². The van der Waals surface area contributed by atoms with E-state index < -0.39 is 16.6 Å². The van der Waals surface area contributed by atoms with Crippen LogP contribution in [0.1, 0.15) is 39.5 Å². The fourth-order valence-corrected chi connectivity index (χ4v) is 14.8. The quantitative estimate of drug-likeness (QED) is 0.388. The smallest absolute Gasteiger partial charge is 0.176 e. The Morgan fingerprint density at radius 3 is 1.32 bits per heavy atom. The van der Waals surface area contributed by atoms with Crippen LogP contribution in [-0.2, 0) is 4.12 Å². The minimum Gasteiger partial charge on any atom is -0.455 e. The van der Waals surface area contributed by atoms with Crippen molar-refractivity contribution in [3.05, 3.63) is 0 Å². The highest BCUT2D eigenvalue weighted by molar-refractivity contribution is 7.80. The average Bonchev–Trinajstić information content (AvgIpc) is 2.30. The summed E-state index contributed by atoms with van der Waals surface area (Å²) in [5.74, 6) is 1.96. The number of rotatable bonds is 10. The highest BCUT2D eigenvalue weighted by atomic mass is 32.1. The molecule has 0 bridgehead atoms. The lowest BCUT2D eigenvalue weighted by Gasteiger charge is -2.42. The van der Waals surface area contributed by atoms with Crippen LogP contribution >= 0.6 is 25.3 Å². The van der Waals surface area contributed by atoms with Gasteiger partial charge in [-0.25, -0.2) is 0 Å². The van der Waals surface area contributed by atoms with Crippen molar-refractivity contribution in [2.75, 3.05) is 11.5 Å². The summed E-state index contributed by atoms with van der Waals surface area (Å²) >= 11 is 8.84. The predicted octanol–water partition coefficient (Wildman–Crippen LogP) is 5.61. The summed E-state index contributed by atoms with van der Waals surface area (Å²) < 4.78 is 6.85. The Balaban J connectivity index is 4.84. The summed E-state index contributed by atoms with van der Waals surface area (Å²) in [4.78, 5) is 0. The first kappa shape index (κ1) is 20.1. The van der Waals surface area contributed by atoms with E-state index >= 15 is 0 Å². The molecule has 0 aliphatic carbocycles. The zero-order chi connectivity index (χ0) is 15.1. The molecule has 0 fully saturated rings. The molecule has 0 saturated heterocycles. The molecule has 0 saturated carbocycles. The molecule has 0 spiro atoms. The highest BCUT2D eigenvalue weighted by Gasteiger charge is 2.41. The van der Waals surface area contributed by atoms with Gasteiger partial charge in [0.2, 0.25) is 0 Å². The molecule has 0 aliphatic heterocycles. The lowest BCUT2D eigenvalue weighted by molar-refractivity contribution is 0.478. The molecule has 5 heteroatoms. The van der Waals surface area contributed by atoms with Crippen LogP contribution in [0.2, 0.25) is 37.3 Å². The van der Waals surface area contributed by atoms with Crippen molar-refractivity contribution in [1.29, 1.82) is 0 Å². The van der Waals surface area contributed by atoms with Gasteiger partial charge in [-0.1, -0.05) is 26.7 Å². The SMILES string of the molecule is CCC(CCS)[Si](C)(C)O[Si](C)(C)C(CC)CCS. The van der Waals surface area contributed by atoms with Gasteiger partial charge in [0.05, 0.1) is 0 Å². The van der Waals surface area contributed by atoms with Crippen molar-refractivity contribution in [3.8, 4) is 0 Å². The van der Waals surface area contributed by atoms with Crippen LogP contribution < -0.4 is 0 Å². The topological polar surface area (TPSA) is 9.23 Å². The van der Waals surface area contributed by atoms with Crippen LogP contribution in [0.15, 0.2) is 0 Å². The van der Waals surface area contributed by atoms with Crippen molar-refractivity contribution >= 4 is 41.9 Å². The molecule has 19 heavy (non-hydrogen) atoms. The molecular formula is C14H34OS2Si2. The molecule has 0 N–H and O–H groups in total. The van der Waals surface area contributed by atoms with E-state index in [0.717, 1.165) is 22.6 Å². The maximum atomic E-state index is 6.85. The Morgan fingerprint density at radius 1 is 0.789 bits per heavy atom. The monoisotopic (exact) mass is 338 g/mol. The molecule has 116 valence electrons. The molecule has 1 nitrogen and oxygen atoms in total. The molecule has 0 aromatic rings. The van der Waals surface area contributed by atoms with Gasteiger partial charge in [-0.2, -0.15) is 25.3 Å². The van der Waals surface area contributed by atoms with Crippen LogP contribution in [0.5, 0.6) is 0 Å². The lowest BCUT2D eigenvalue weighted by atomic mass is 10.3. The van der Waals surface area contributed by atoms with E-state index in [-0.39, 0.29) is 0 Å². The Bertz CT molecular complexity index is 224. The highest BCUT2D eigenvalue weighted by Crippen LogP contribution is 2.38. The van der Waals surface area contributed by atoms with Gasteiger partial charge in [-0.05, 0) is 61.6 Å². The maximum Gasteiger partial charge on any atom is 0.176 e. The zero-order valence-electron chi connectivity index (χ0n) is 13.7. The van der Waals surface area contributed by atoms with Gasteiger partial charge >= 0.3 is 0 Å². The second-order valence-electron chi connectivity index (χ2n) is 6.54. The van der Waals surface area contributed by atoms with Crippen molar-refractivity contribution in [3.63, 3.8) is 0 Å². The van der Waals surface area contributed by atoms with E-state index in [1.54, 1.807) is 0 Å². The first-order chi connectivity index (χ1) is 8.75. The first-order valence-electron chi connectivity index (χ1n) is 7.67. The summed E-state index contributed by atoms with van der Waals surface area (Å²) in [6.07, 6.45) is 4.86. The Kier molecular flexibility index (Phi) is 9.71. The second kappa shape index (κ2) is 9.18. The van der Waals surface area contributed by atoms with Crippen LogP contribution in [0.25, 0.3) is 0 Å². The predicted molar refractivity (Wildman–Crippen MR) is 101 cm³/mol. The van der Waals surface area contributed by atoms with Gasteiger partial charge in [0, 0.05) is 0 Å². The van der Waals surface area contributed by atoms with E-state index in [9.17, 15) is 0 Å². The van der Waals surface area contributed by atoms with Crippen LogP contribution in [-0.4, -0.2) is 28.1 Å². The number of thiol groups is 2. The van der Waals surface area contributed by atoms with E-state index in [0.29, 0.717) is 0 Å². The third kappa shape index (κ3) is 6.59. The molecule has 0 amide bonds. The third-order valence-electron chi connectivity index (χ3n) is 4.43. The van der Waals surface area contributed by atoms with Gasteiger partial charge in [0.25, 0.3) is 0 Å². The Labute approximate surface area is 134 Å². The van der Waals surface area contributed by atoms with Crippen molar-refractivity contribution in [2.24, 2.45) is 0 Å². The molecule has 0 radical (unpaired) electrons. The maximum absolute atomic E-state index is 6.85. The Morgan fingerprint density at radius 2 is 1.11 bits per heavy atom.